The van der Waals surface area contributed by atoms with Gasteiger partial charge in [-0.2, -0.15) is 11.8 Å². The first-order valence-corrected chi connectivity index (χ1v) is 11.7. The lowest BCUT2D eigenvalue weighted by atomic mass is 9.91. The number of likely N-dealkylation sites (N-methyl/N-ethyl adjacent to an activating group) is 1. The van der Waals surface area contributed by atoms with E-state index in [4.69, 9.17) is 4.74 Å². The molecule has 0 radical (unpaired) electrons. The van der Waals surface area contributed by atoms with Gasteiger partial charge in [0.2, 0.25) is 0 Å². The zero-order chi connectivity index (χ0) is 18.4. The van der Waals surface area contributed by atoms with Crippen LogP contribution in [0.3, 0.4) is 0 Å². The molecule has 3 aliphatic heterocycles. The summed E-state index contributed by atoms with van der Waals surface area (Å²) in [6.45, 7) is 13.8. The summed E-state index contributed by atoms with van der Waals surface area (Å²) in [4.78, 5) is 21.8. The van der Waals surface area contributed by atoms with Gasteiger partial charge in [0.05, 0.1) is 6.54 Å². The zero-order valence-electron chi connectivity index (χ0n) is 16.6. The SMILES string of the molecule is CCN1CCN(CCN2CC3(CCN(CCCSC)CC3)OC2=O)CC1. The van der Waals surface area contributed by atoms with Crippen LogP contribution in [0.15, 0.2) is 0 Å². The van der Waals surface area contributed by atoms with Crippen LogP contribution in [-0.2, 0) is 4.74 Å². The minimum Gasteiger partial charge on any atom is -0.441 e. The zero-order valence-corrected chi connectivity index (χ0v) is 17.4. The second-order valence-corrected chi connectivity index (χ2v) is 8.92. The summed E-state index contributed by atoms with van der Waals surface area (Å²) < 4.78 is 5.88. The number of hydrogen-bond donors (Lipinski definition) is 0. The molecule has 1 amide bonds. The van der Waals surface area contributed by atoms with Gasteiger partial charge in [0.1, 0.15) is 5.60 Å². The van der Waals surface area contributed by atoms with Crippen molar-refractivity contribution in [3.63, 3.8) is 0 Å². The third-order valence-electron chi connectivity index (χ3n) is 6.23. The van der Waals surface area contributed by atoms with E-state index in [1.165, 1.54) is 18.7 Å². The standard InChI is InChI=1S/C19H36N4O2S/c1-3-20-10-12-22(13-11-20)14-15-23-17-19(25-18(23)24)5-8-21(9-6-19)7-4-16-26-2/h3-17H2,1-2H3. The van der Waals surface area contributed by atoms with Gasteiger partial charge in [0, 0.05) is 65.2 Å². The van der Waals surface area contributed by atoms with E-state index < -0.39 is 0 Å². The molecule has 3 fully saturated rings. The average molecular weight is 385 g/mol. The fourth-order valence-corrected chi connectivity index (χ4v) is 4.75. The number of piperazine rings is 1. The lowest BCUT2D eigenvalue weighted by Gasteiger charge is -2.37. The molecule has 6 nitrogen and oxygen atoms in total. The number of carbonyl (C=O) groups excluding carboxylic acids is 1. The third-order valence-corrected chi connectivity index (χ3v) is 6.93. The van der Waals surface area contributed by atoms with Crippen molar-refractivity contribution in [2.75, 3.05) is 84.0 Å². The fraction of sp³-hybridized carbons (Fsp3) is 0.947. The summed E-state index contributed by atoms with van der Waals surface area (Å²) in [7, 11) is 0. The van der Waals surface area contributed by atoms with E-state index in [0.717, 1.165) is 78.3 Å². The van der Waals surface area contributed by atoms with Gasteiger partial charge in [-0.05, 0) is 31.5 Å². The first kappa shape index (κ1) is 20.2. The van der Waals surface area contributed by atoms with Crippen LogP contribution in [0, 0.1) is 0 Å². The molecule has 0 atom stereocenters. The minimum absolute atomic E-state index is 0.0898. The largest absolute Gasteiger partial charge is 0.441 e. The molecule has 0 unspecified atom stereocenters. The normalized spacial score (nSPS) is 25.2. The molecule has 7 heteroatoms. The predicted molar refractivity (Wildman–Crippen MR) is 108 cm³/mol. The molecule has 0 aromatic carbocycles. The van der Waals surface area contributed by atoms with Gasteiger partial charge < -0.3 is 19.4 Å². The van der Waals surface area contributed by atoms with E-state index >= 15 is 0 Å². The predicted octanol–water partition coefficient (Wildman–Crippen LogP) is 1.66. The van der Waals surface area contributed by atoms with Crippen LogP contribution in [0.2, 0.25) is 0 Å². The number of nitrogens with zero attached hydrogens (tertiary/aromatic N) is 4. The number of hydrogen-bond acceptors (Lipinski definition) is 6. The summed E-state index contributed by atoms with van der Waals surface area (Å²) in [5, 5.41) is 0. The summed E-state index contributed by atoms with van der Waals surface area (Å²) in [5.74, 6) is 1.23. The van der Waals surface area contributed by atoms with E-state index in [9.17, 15) is 4.79 Å². The van der Waals surface area contributed by atoms with Gasteiger partial charge >= 0.3 is 6.09 Å². The molecule has 3 aliphatic rings. The van der Waals surface area contributed by atoms with Crippen molar-refractivity contribution in [1.29, 1.82) is 0 Å². The maximum absolute atomic E-state index is 12.4. The van der Waals surface area contributed by atoms with Crippen LogP contribution >= 0.6 is 11.8 Å². The Labute approximate surface area is 163 Å². The first-order chi connectivity index (χ1) is 12.6. The number of thioether (sulfide) groups is 1. The lowest BCUT2D eigenvalue weighted by molar-refractivity contribution is 0.000840. The van der Waals surface area contributed by atoms with Crippen molar-refractivity contribution in [1.82, 2.24) is 19.6 Å². The molecular weight excluding hydrogens is 348 g/mol. The molecule has 150 valence electrons. The van der Waals surface area contributed by atoms with Crippen LogP contribution in [0.25, 0.3) is 0 Å². The monoisotopic (exact) mass is 384 g/mol. The van der Waals surface area contributed by atoms with Gasteiger partial charge in [-0.15, -0.1) is 0 Å². The van der Waals surface area contributed by atoms with Crippen LogP contribution in [0.5, 0.6) is 0 Å². The lowest BCUT2D eigenvalue weighted by Crippen LogP contribution is -2.49. The molecule has 0 aromatic rings. The molecule has 0 aliphatic carbocycles. The van der Waals surface area contributed by atoms with Gasteiger partial charge in [-0.1, -0.05) is 6.92 Å². The number of carbonyl (C=O) groups is 1. The second-order valence-electron chi connectivity index (χ2n) is 7.94. The Bertz CT molecular complexity index is 449. The molecule has 0 saturated carbocycles. The van der Waals surface area contributed by atoms with Crippen molar-refractivity contribution in [2.24, 2.45) is 0 Å². The second kappa shape index (κ2) is 9.62. The maximum atomic E-state index is 12.4. The van der Waals surface area contributed by atoms with Crippen molar-refractivity contribution in [3.8, 4) is 0 Å². The van der Waals surface area contributed by atoms with Crippen LogP contribution in [-0.4, -0.2) is 115 Å². The van der Waals surface area contributed by atoms with Crippen LogP contribution in [0.4, 0.5) is 4.79 Å². The van der Waals surface area contributed by atoms with Crippen molar-refractivity contribution < 1.29 is 9.53 Å². The number of ether oxygens (including phenoxy) is 1. The molecule has 0 aromatic heterocycles. The molecule has 0 bridgehead atoms. The summed E-state index contributed by atoms with van der Waals surface area (Å²) in [6, 6.07) is 0. The molecule has 3 heterocycles. The van der Waals surface area contributed by atoms with E-state index in [2.05, 4.69) is 27.9 Å². The summed E-state index contributed by atoms with van der Waals surface area (Å²) in [5.41, 5.74) is -0.214. The molecule has 1 spiro atoms. The highest BCUT2D eigenvalue weighted by Gasteiger charge is 2.46. The van der Waals surface area contributed by atoms with Gasteiger partial charge in [-0.3, -0.25) is 4.90 Å². The molecule has 3 saturated heterocycles. The Morgan fingerprint density at radius 2 is 1.62 bits per heavy atom. The van der Waals surface area contributed by atoms with E-state index in [-0.39, 0.29) is 11.7 Å². The maximum Gasteiger partial charge on any atom is 0.410 e. The molecule has 3 rings (SSSR count). The molecule has 0 N–H and O–H groups in total. The van der Waals surface area contributed by atoms with Gasteiger partial charge in [0.15, 0.2) is 0 Å². The number of likely N-dealkylation sites (tertiary alicyclic amines) is 1. The Balaban J connectivity index is 1.39. The average Bonchev–Trinajstić information content (AvgIpc) is 2.97. The van der Waals surface area contributed by atoms with Crippen molar-refractivity contribution >= 4 is 17.9 Å². The minimum atomic E-state index is -0.214. The molecule has 26 heavy (non-hydrogen) atoms. The Kier molecular flexibility index (Phi) is 7.49. The van der Waals surface area contributed by atoms with Crippen molar-refractivity contribution in [2.45, 2.75) is 31.8 Å². The van der Waals surface area contributed by atoms with Gasteiger partial charge in [0.25, 0.3) is 0 Å². The quantitative estimate of drug-likeness (QED) is 0.593. The Hall–Kier alpha value is -0.500. The third kappa shape index (κ3) is 5.27. The fourth-order valence-electron chi connectivity index (χ4n) is 4.33. The van der Waals surface area contributed by atoms with Crippen LogP contribution in [0.1, 0.15) is 26.2 Å². The van der Waals surface area contributed by atoms with E-state index in [1.807, 2.05) is 16.7 Å². The van der Waals surface area contributed by atoms with Gasteiger partial charge in [-0.25, -0.2) is 4.79 Å². The molecular formula is C19H36N4O2S. The summed E-state index contributed by atoms with van der Waals surface area (Å²) in [6.07, 6.45) is 5.31. The highest BCUT2D eigenvalue weighted by atomic mass is 32.2. The Morgan fingerprint density at radius 1 is 0.962 bits per heavy atom. The summed E-state index contributed by atoms with van der Waals surface area (Å²) >= 11 is 1.92. The Morgan fingerprint density at radius 3 is 2.27 bits per heavy atom. The van der Waals surface area contributed by atoms with E-state index in [0.29, 0.717) is 0 Å². The van der Waals surface area contributed by atoms with E-state index in [1.54, 1.807) is 0 Å². The highest BCUT2D eigenvalue weighted by molar-refractivity contribution is 7.98. The smallest absolute Gasteiger partial charge is 0.410 e. The number of amides is 1. The number of piperidine rings is 1. The first-order valence-electron chi connectivity index (χ1n) is 10.3. The highest BCUT2D eigenvalue weighted by Crippen LogP contribution is 2.33. The number of rotatable bonds is 8. The topological polar surface area (TPSA) is 39.3 Å². The van der Waals surface area contributed by atoms with Crippen molar-refractivity contribution in [3.05, 3.63) is 0 Å². The van der Waals surface area contributed by atoms with Crippen LogP contribution < -0.4 is 0 Å².